The number of furan rings is 1. The van der Waals surface area contributed by atoms with E-state index in [0.29, 0.717) is 0 Å². The largest absolute Gasteiger partial charge is 0.456 e. The molecule has 0 radical (unpaired) electrons. The van der Waals surface area contributed by atoms with Crippen molar-refractivity contribution in [3.63, 3.8) is 0 Å². The fourth-order valence-electron chi connectivity index (χ4n) is 7.51. The first kappa shape index (κ1) is 26.8. The topological polar surface area (TPSA) is 16.4 Å². The Balaban J connectivity index is 1.11. The molecular weight excluding hydrogens is 583 g/mol. The monoisotopic (exact) mass is 611 g/mol. The van der Waals surface area contributed by atoms with Gasteiger partial charge in [-0.2, -0.15) is 0 Å². The molecule has 0 spiro atoms. The first-order chi connectivity index (χ1) is 23.8. The first-order valence-electron chi connectivity index (χ1n) is 16.4. The van der Waals surface area contributed by atoms with Crippen LogP contribution < -0.4 is 4.90 Å². The van der Waals surface area contributed by atoms with Crippen molar-refractivity contribution in [1.29, 1.82) is 0 Å². The molecule has 2 heteroatoms. The standard InChI is InChI=1S/C46H29NO/c1-2-10-36(11-3-1)47(38-25-27-43-42(29-38)46-40-13-7-5-9-32(40)22-26-44(46)48-43)37-23-20-30(21-24-37)35-19-16-33-15-18-34-17-14-31-8-4-6-12-39(31)45(34)41(33)28-35/h1-29H. The van der Waals surface area contributed by atoms with E-state index in [-0.39, 0.29) is 0 Å². The fraction of sp³-hybridized carbons (Fsp3) is 0. The molecule has 0 bridgehead atoms. The van der Waals surface area contributed by atoms with Gasteiger partial charge in [-0.05, 0) is 109 Å². The Morgan fingerprint density at radius 3 is 1.62 bits per heavy atom. The summed E-state index contributed by atoms with van der Waals surface area (Å²) < 4.78 is 6.33. The van der Waals surface area contributed by atoms with E-state index in [9.17, 15) is 0 Å². The Kier molecular flexibility index (Phi) is 5.91. The average molecular weight is 612 g/mol. The minimum absolute atomic E-state index is 0.894. The lowest BCUT2D eigenvalue weighted by molar-refractivity contribution is 0.669. The van der Waals surface area contributed by atoms with E-state index >= 15 is 0 Å². The van der Waals surface area contributed by atoms with Crippen LogP contribution in [0.5, 0.6) is 0 Å². The summed E-state index contributed by atoms with van der Waals surface area (Å²) in [6.45, 7) is 0. The summed E-state index contributed by atoms with van der Waals surface area (Å²) in [6, 6.07) is 63.3. The van der Waals surface area contributed by atoms with Crippen LogP contribution in [0.3, 0.4) is 0 Å². The quantitative estimate of drug-likeness (QED) is 0.184. The number of rotatable bonds is 4. The zero-order valence-corrected chi connectivity index (χ0v) is 26.1. The normalized spacial score (nSPS) is 11.8. The molecule has 10 rings (SSSR count). The van der Waals surface area contributed by atoms with Crippen LogP contribution in [0, 0.1) is 0 Å². The maximum absolute atomic E-state index is 6.33. The van der Waals surface area contributed by atoms with Crippen LogP contribution in [-0.2, 0) is 0 Å². The Morgan fingerprint density at radius 1 is 0.312 bits per heavy atom. The maximum Gasteiger partial charge on any atom is 0.136 e. The van der Waals surface area contributed by atoms with Gasteiger partial charge in [-0.3, -0.25) is 0 Å². The van der Waals surface area contributed by atoms with Crippen LogP contribution in [0.4, 0.5) is 17.1 Å². The van der Waals surface area contributed by atoms with E-state index < -0.39 is 0 Å². The van der Waals surface area contributed by atoms with Gasteiger partial charge in [0.25, 0.3) is 0 Å². The second-order valence-corrected chi connectivity index (χ2v) is 12.5. The smallest absolute Gasteiger partial charge is 0.136 e. The van der Waals surface area contributed by atoms with Crippen LogP contribution >= 0.6 is 0 Å². The van der Waals surface area contributed by atoms with Gasteiger partial charge < -0.3 is 9.32 Å². The van der Waals surface area contributed by atoms with Gasteiger partial charge >= 0.3 is 0 Å². The summed E-state index contributed by atoms with van der Waals surface area (Å²) in [5.74, 6) is 0. The lowest BCUT2D eigenvalue weighted by Gasteiger charge is -2.25. The lowest BCUT2D eigenvalue weighted by Crippen LogP contribution is -2.09. The summed E-state index contributed by atoms with van der Waals surface area (Å²) in [4.78, 5) is 2.33. The SMILES string of the molecule is c1ccc(N(c2ccc(-c3ccc4ccc5ccc6ccccc6c5c4c3)cc2)c2ccc3oc4ccc5ccccc5c4c3c2)cc1. The Morgan fingerprint density at radius 2 is 0.854 bits per heavy atom. The summed E-state index contributed by atoms with van der Waals surface area (Å²) in [6.07, 6.45) is 0. The number of nitrogens with zero attached hydrogens (tertiary/aromatic N) is 1. The number of hydrogen-bond acceptors (Lipinski definition) is 2. The molecule has 2 nitrogen and oxygen atoms in total. The van der Waals surface area contributed by atoms with E-state index in [1.54, 1.807) is 0 Å². The minimum Gasteiger partial charge on any atom is -0.456 e. The lowest BCUT2D eigenvalue weighted by atomic mass is 9.94. The highest BCUT2D eigenvalue weighted by atomic mass is 16.3. The summed E-state index contributed by atoms with van der Waals surface area (Å²) in [5, 5.41) is 12.4. The second-order valence-electron chi connectivity index (χ2n) is 12.5. The molecule has 48 heavy (non-hydrogen) atoms. The van der Waals surface area contributed by atoms with Gasteiger partial charge in [0.15, 0.2) is 0 Å². The van der Waals surface area contributed by atoms with Crippen molar-refractivity contribution in [3.05, 3.63) is 176 Å². The van der Waals surface area contributed by atoms with Crippen molar-refractivity contribution in [2.75, 3.05) is 4.90 Å². The van der Waals surface area contributed by atoms with Gasteiger partial charge in [-0.1, -0.05) is 121 Å². The summed E-state index contributed by atoms with van der Waals surface area (Å²) in [5.41, 5.74) is 7.48. The number of fused-ring (bicyclic) bond motifs is 10. The minimum atomic E-state index is 0.894. The third-order valence-corrected chi connectivity index (χ3v) is 9.80. The van der Waals surface area contributed by atoms with E-state index in [1.807, 2.05) is 0 Å². The average Bonchev–Trinajstić information content (AvgIpc) is 3.54. The van der Waals surface area contributed by atoms with Gasteiger partial charge in [-0.25, -0.2) is 0 Å². The molecule has 0 saturated carbocycles. The Labute approximate surface area is 277 Å². The molecule has 10 aromatic rings. The molecule has 0 amide bonds. The molecule has 1 heterocycles. The highest BCUT2D eigenvalue weighted by Gasteiger charge is 2.17. The molecule has 0 aliphatic heterocycles. The Bertz CT molecular complexity index is 2820. The summed E-state index contributed by atoms with van der Waals surface area (Å²) >= 11 is 0. The highest BCUT2D eigenvalue weighted by molar-refractivity contribution is 6.21. The van der Waals surface area contributed by atoms with Crippen molar-refractivity contribution in [3.8, 4) is 11.1 Å². The highest BCUT2D eigenvalue weighted by Crippen LogP contribution is 2.41. The third-order valence-electron chi connectivity index (χ3n) is 9.80. The van der Waals surface area contributed by atoms with Crippen molar-refractivity contribution < 1.29 is 4.42 Å². The fourth-order valence-corrected chi connectivity index (χ4v) is 7.51. The summed E-state index contributed by atoms with van der Waals surface area (Å²) in [7, 11) is 0. The number of anilines is 3. The van der Waals surface area contributed by atoms with E-state index in [1.165, 1.54) is 54.2 Å². The van der Waals surface area contributed by atoms with Crippen molar-refractivity contribution >= 4 is 82.1 Å². The van der Waals surface area contributed by atoms with Crippen LogP contribution in [0.2, 0.25) is 0 Å². The molecule has 0 unspecified atom stereocenters. The van der Waals surface area contributed by atoms with Crippen LogP contribution in [0.25, 0.3) is 76.2 Å². The molecule has 0 aliphatic rings. The zero-order valence-electron chi connectivity index (χ0n) is 26.1. The van der Waals surface area contributed by atoms with Crippen molar-refractivity contribution in [1.82, 2.24) is 0 Å². The predicted octanol–water partition coefficient (Wildman–Crippen LogP) is 13.3. The number of hydrogen-bond donors (Lipinski definition) is 0. The first-order valence-corrected chi connectivity index (χ1v) is 16.4. The van der Waals surface area contributed by atoms with E-state index in [0.717, 1.165) is 39.0 Å². The van der Waals surface area contributed by atoms with E-state index in [4.69, 9.17) is 4.42 Å². The number of para-hydroxylation sites is 1. The molecule has 0 saturated heterocycles. The van der Waals surface area contributed by atoms with E-state index in [2.05, 4.69) is 181 Å². The van der Waals surface area contributed by atoms with Gasteiger partial charge in [0.05, 0.1) is 0 Å². The third kappa shape index (κ3) is 4.20. The van der Waals surface area contributed by atoms with Gasteiger partial charge in [0, 0.05) is 27.8 Å². The molecule has 9 aromatic carbocycles. The van der Waals surface area contributed by atoms with Crippen LogP contribution in [0.1, 0.15) is 0 Å². The molecular formula is C46H29NO. The molecule has 0 N–H and O–H groups in total. The van der Waals surface area contributed by atoms with Crippen molar-refractivity contribution in [2.24, 2.45) is 0 Å². The second kappa shape index (κ2) is 10.6. The molecule has 0 atom stereocenters. The molecule has 0 fully saturated rings. The maximum atomic E-state index is 6.33. The van der Waals surface area contributed by atoms with Crippen molar-refractivity contribution in [2.45, 2.75) is 0 Å². The number of benzene rings is 9. The van der Waals surface area contributed by atoms with Gasteiger partial charge in [0.2, 0.25) is 0 Å². The molecule has 224 valence electrons. The molecule has 1 aromatic heterocycles. The van der Waals surface area contributed by atoms with Gasteiger partial charge in [-0.15, -0.1) is 0 Å². The predicted molar refractivity (Wildman–Crippen MR) is 204 cm³/mol. The molecule has 0 aliphatic carbocycles. The van der Waals surface area contributed by atoms with Gasteiger partial charge in [0.1, 0.15) is 11.2 Å². The Hall–Kier alpha value is -6.38. The van der Waals surface area contributed by atoms with Crippen LogP contribution in [0.15, 0.2) is 180 Å². The van der Waals surface area contributed by atoms with Crippen LogP contribution in [-0.4, -0.2) is 0 Å². The zero-order chi connectivity index (χ0) is 31.6.